The Hall–Kier alpha value is -3.87. The highest BCUT2D eigenvalue weighted by Gasteiger charge is 2.08. The molecule has 0 aliphatic rings. The fraction of sp³-hybridized carbons (Fsp3) is 0.174. The molecule has 7 heteroatoms. The Labute approximate surface area is 175 Å². The molecular formula is C23H23N3O4. The van der Waals surface area contributed by atoms with Crippen molar-refractivity contribution >= 4 is 17.5 Å². The maximum absolute atomic E-state index is 12.2. The molecule has 3 aromatic rings. The summed E-state index contributed by atoms with van der Waals surface area (Å²) in [5.41, 5.74) is 2.06. The first kappa shape index (κ1) is 20.9. The minimum atomic E-state index is -0.279. The first-order valence-corrected chi connectivity index (χ1v) is 9.57. The number of ether oxygens (including phenoxy) is 2. The molecule has 0 bridgehead atoms. The molecule has 7 nitrogen and oxygen atoms in total. The predicted octanol–water partition coefficient (Wildman–Crippen LogP) is 3.43. The van der Waals surface area contributed by atoms with E-state index < -0.39 is 0 Å². The molecule has 30 heavy (non-hydrogen) atoms. The number of nitrogens with zero attached hydrogens (tertiary/aromatic N) is 1. The number of carbonyl (C=O) groups is 2. The van der Waals surface area contributed by atoms with E-state index in [-0.39, 0.29) is 18.4 Å². The van der Waals surface area contributed by atoms with Crippen LogP contribution in [0.15, 0.2) is 73.1 Å². The van der Waals surface area contributed by atoms with Gasteiger partial charge in [0.05, 0.1) is 12.2 Å². The van der Waals surface area contributed by atoms with Crippen molar-refractivity contribution < 1.29 is 19.1 Å². The smallest absolute Gasteiger partial charge is 0.262 e. The lowest BCUT2D eigenvalue weighted by Crippen LogP contribution is -2.23. The molecule has 2 N–H and O–H groups in total. The molecular weight excluding hydrogens is 382 g/mol. The maximum atomic E-state index is 12.2. The van der Waals surface area contributed by atoms with Gasteiger partial charge in [-0.3, -0.25) is 14.6 Å². The summed E-state index contributed by atoms with van der Waals surface area (Å²) < 4.78 is 11.0. The fourth-order valence-electron chi connectivity index (χ4n) is 2.67. The number of para-hydroxylation sites is 2. The average Bonchev–Trinajstić information content (AvgIpc) is 2.78. The highest BCUT2D eigenvalue weighted by atomic mass is 16.5. The van der Waals surface area contributed by atoms with Crippen molar-refractivity contribution in [3.8, 4) is 11.5 Å². The van der Waals surface area contributed by atoms with E-state index in [2.05, 4.69) is 15.6 Å². The zero-order chi connectivity index (χ0) is 21.2. The third-order valence-electron chi connectivity index (χ3n) is 4.12. The lowest BCUT2D eigenvalue weighted by Gasteiger charge is -2.12. The summed E-state index contributed by atoms with van der Waals surface area (Å²) in [5, 5.41) is 5.61. The Bertz CT molecular complexity index is 975. The van der Waals surface area contributed by atoms with Gasteiger partial charge in [0.1, 0.15) is 0 Å². The summed E-state index contributed by atoms with van der Waals surface area (Å²) in [7, 11) is 0. The Morgan fingerprint density at radius 3 is 2.33 bits per heavy atom. The van der Waals surface area contributed by atoms with Crippen LogP contribution in [-0.4, -0.2) is 30.0 Å². The Kier molecular flexibility index (Phi) is 7.38. The van der Waals surface area contributed by atoms with Gasteiger partial charge in [0.25, 0.3) is 11.8 Å². The van der Waals surface area contributed by atoms with Crippen molar-refractivity contribution in [1.82, 2.24) is 10.3 Å². The molecule has 0 aliphatic carbocycles. The number of carbonyl (C=O) groups excluding carboxylic acids is 2. The van der Waals surface area contributed by atoms with Crippen LogP contribution in [0.5, 0.6) is 11.5 Å². The van der Waals surface area contributed by atoms with Crippen LogP contribution in [0.4, 0.5) is 5.69 Å². The molecule has 2 aromatic carbocycles. The lowest BCUT2D eigenvalue weighted by molar-refractivity contribution is -0.118. The van der Waals surface area contributed by atoms with Gasteiger partial charge in [-0.2, -0.15) is 0 Å². The van der Waals surface area contributed by atoms with Gasteiger partial charge < -0.3 is 20.1 Å². The molecule has 0 saturated carbocycles. The first-order valence-electron chi connectivity index (χ1n) is 9.57. The summed E-state index contributed by atoms with van der Waals surface area (Å²) in [6.45, 7) is 2.64. The van der Waals surface area contributed by atoms with Crippen molar-refractivity contribution in [3.05, 3.63) is 84.2 Å². The number of rotatable bonds is 9. The van der Waals surface area contributed by atoms with E-state index in [0.29, 0.717) is 35.9 Å². The van der Waals surface area contributed by atoms with E-state index in [0.717, 1.165) is 5.56 Å². The summed E-state index contributed by atoms with van der Waals surface area (Å²) in [6.07, 6.45) is 3.13. The van der Waals surface area contributed by atoms with Crippen LogP contribution in [0.3, 0.4) is 0 Å². The van der Waals surface area contributed by atoms with E-state index in [9.17, 15) is 9.59 Å². The molecule has 0 radical (unpaired) electrons. The Balaban J connectivity index is 1.47. The van der Waals surface area contributed by atoms with E-state index in [4.69, 9.17) is 9.47 Å². The van der Waals surface area contributed by atoms with Gasteiger partial charge >= 0.3 is 0 Å². The zero-order valence-electron chi connectivity index (χ0n) is 16.6. The number of anilines is 1. The van der Waals surface area contributed by atoms with Crippen molar-refractivity contribution in [2.24, 2.45) is 0 Å². The molecule has 0 saturated heterocycles. The predicted molar refractivity (Wildman–Crippen MR) is 114 cm³/mol. The molecule has 0 spiro atoms. The minimum Gasteiger partial charge on any atom is -0.490 e. The highest BCUT2D eigenvalue weighted by Crippen LogP contribution is 2.26. The number of pyridine rings is 1. The summed E-state index contributed by atoms with van der Waals surface area (Å²) in [5.74, 6) is 0.656. The molecule has 3 rings (SSSR count). The van der Waals surface area contributed by atoms with Gasteiger partial charge in [-0.1, -0.05) is 24.3 Å². The number of nitrogens with one attached hydrogen (secondary N) is 2. The quantitative estimate of drug-likeness (QED) is 0.569. The van der Waals surface area contributed by atoms with Gasteiger partial charge in [0.15, 0.2) is 18.1 Å². The summed E-state index contributed by atoms with van der Waals surface area (Å²) in [4.78, 5) is 28.2. The van der Waals surface area contributed by atoms with Crippen LogP contribution in [0.25, 0.3) is 0 Å². The van der Waals surface area contributed by atoms with Crippen molar-refractivity contribution in [2.75, 3.05) is 18.5 Å². The van der Waals surface area contributed by atoms with E-state index >= 15 is 0 Å². The van der Waals surface area contributed by atoms with E-state index in [1.807, 2.05) is 31.2 Å². The third kappa shape index (κ3) is 6.07. The number of aromatic nitrogens is 1. The highest BCUT2D eigenvalue weighted by molar-refractivity contribution is 5.94. The second-order valence-corrected chi connectivity index (χ2v) is 6.34. The Morgan fingerprint density at radius 1 is 0.933 bits per heavy atom. The van der Waals surface area contributed by atoms with Gasteiger partial charge in [0.2, 0.25) is 0 Å². The molecule has 0 atom stereocenters. The van der Waals surface area contributed by atoms with Gasteiger partial charge in [0, 0.05) is 24.6 Å². The van der Waals surface area contributed by atoms with Crippen molar-refractivity contribution in [3.63, 3.8) is 0 Å². The lowest BCUT2D eigenvalue weighted by atomic mass is 10.2. The van der Waals surface area contributed by atoms with Crippen LogP contribution < -0.4 is 20.1 Å². The van der Waals surface area contributed by atoms with E-state index in [1.165, 1.54) is 6.20 Å². The molecule has 1 aromatic heterocycles. The largest absolute Gasteiger partial charge is 0.490 e. The van der Waals surface area contributed by atoms with Crippen LogP contribution in [-0.2, 0) is 11.3 Å². The molecule has 154 valence electrons. The molecule has 0 aliphatic heterocycles. The van der Waals surface area contributed by atoms with Crippen molar-refractivity contribution in [1.29, 1.82) is 0 Å². The van der Waals surface area contributed by atoms with Crippen molar-refractivity contribution in [2.45, 2.75) is 13.5 Å². The zero-order valence-corrected chi connectivity index (χ0v) is 16.6. The normalized spacial score (nSPS) is 10.2. The summed E-state index contributed by atoms with van der Waals surface area (Å²) >= 11 is 0. The number of hydrogen-bond acceptors (Lipinski definition) is 5. The number of benzene rings is 2. The number of hydrogen-bond donors (Lipinski definition) is 2. The standard InChI is InChI=1S/C23H23N3O4/c1-2-29-20-7-3-4-8-21(20)30-16-22(27)26-19-11-9-17(10-12-19)14-25-23(28)18-6-5-13-24-15-18/h3-13,15H,2,14,16H2,1H3,(H,25,28)(H,26,27). The third-order valence-corrected chi connectivity index (χ3v) is 4.12. The minimum absolute atomic E-state index is 0.132. The van der Waals surface area contributed by atoms with Crippen LogP contribution in [0, 0.1) is 0 Å². The van der Waals surface area contributed by atoms with Crippen LogP contribution >= 0.6 is 0 Å². The van der Waals surface area contributed by atoms with Gasteiger partial charge in [-0.25, -0.2) is 0 Å². The van der Waals surface area contributed by atoms with Gasteiger partial charge in [-0.05, 0) is 48.9 Å². The average molecular weight is 405 g/mol. The first-order chi connectivity index (χ1) is 14.7. The molecule has 0 fully saturated rings. The molecule has 2 amide bonds. The SMILES string of the molecule is CCOc1ccccc1OCC(=O)Nc1ccc(CNC(=O)c2cccnc2)cc1. The maximum Gasteiger partial charge on any atom is 0.262 e. The van der Waals surface area contributed by atoms with E-state index in [1.54, 1.807) is 42.6 Å². The summed E-state index contributed by atoms with van der Waals surface area (Å²) in [6, 6.07) is 17.9. The second-order valence-electron chi connectivity index (χ2n) is 6.34. The second kappa shape index (κ2) is 10.6. The van der Waals surface area contributed by atoms with Gasteiger partial charge in [-0.15, -0.1) is 0 Å². The Morgan fingerprint density at radius 2 is 1.67 bits per heavy atom. The fourth-order valence-corrected chi connectivity index (χ4v) is 2.67. The van der Waals surface area contributed by atoms with Crippen LogP contribution in [0.2, 0.25) is 0 Å². The monoisotopic (exact) mass is 405 g/mol. The number of amides is 2. The topological polar surface area (TPSA) is 89.5 Å². The molecule has 1 heterocycles. The van der Waals surface area contributed by atoms with Crippen LogP contribution in [0.1, 0.15) is 22.8 Å². The molecule has 0 unspecified atom stereocenters.